The average Bonchev–Trinajstić information content (AvgIpc) is 2.99. The number of aryl methyl sites for hydroxylation is 1. The van der Waals surface area contributed by atoms with Gasteiger partial charge in [-0.2, -0.15) is 0 Å². The number of carbonyl (C=O) groups excluding carboxylic acids is 1. The highest BCUT2D eigenvalue weighted by Crippen LogP contribution is 2.20. The van der Waals surface area contributed by atoms with Gasteiger partial charge < -0.3 is 15.0 Å². The first-order chi connectivity index (χ1) is 12.2. The summed E-state index contributed by atoms with van der Waals surface area (Å²) < 4.78 is 1.91. The molecule has 5 nitrogen and oxygen atoms in total. The van der Waals surface area contributed by atoms with Crippen molar-refractivity contribution in [3.63, 3.8) is 0 Å². The maximum absolute atomic E-state index is 12.7. The van der Waals surface area contributed by atoms with Crippen molar-refractivity contribution < 1.29 is 9.90 Å². The number of aliphatic hydroxyl groups excluding tert-OH is 1. The topological polar surface area (TPSA) is 67.2 Å². The molecule has 0 unspecified atom stereocenters. The van der Waals surface area contributed by atoms with Crippen LogP contribution < -0.4 is 5.32 Å². The number of aromatic nitrogens is 2. The summed E-state index contributed by atoms with van der Waals surface area (Å²) in [6.07, 6.45) is 1.59. The summed E-state index contributed by atoms with van der Waals surface area (Å²) in [4.78, 5) is 17.3. The van der Waals surface area contributed by atoms with Gasteiger partial charge in [0.1, 0.15) is 0 Å². The van der Waals surface area contributed by atoms with Gasteiger partial charge in [-0.1, -0.05) is 43.3 Å². The number of nitrogens with one attached hydrogen (secondary N) is 1. The van der Waals surface area contributed by atoms with E-state index in [9.17, 15) is 4.79 Å². The minimum Gasteiger partial charge on any atom is -0.396 e. The Bertz CT molecular complexity index is 859. The van der Waals surface area contributed by atoms with Crippen molar-refractivity contribution in [2.24, 2.45) is 0 Å². The van der Waals surface area contributed by atoms with Crippen LogP contribution in [0.4, 0.5) is 5.95 Å². The predicted octanol–water partition coefficient (Wildman–Crippen LogP) is 3.85. The zero-order valence-corrected chi connectivity index (χ0v) is 16.5. The molecule has 0 spiro atoms. The Kier molecular flexibility index (Phi) is 7.36. The van der Waals surface area contributed by atoms with E-state index in [1.165, 1.54) is 5.56 Å². The second-order valence-electron chi connectivity index (χ2n) is 5.99. The SMILES string of the molecule is Br.CCc1ccc(C(=O)Cn2c(NCCCO)nc3ccccc32)cc1. The monoisotopic (exact) mass is 417 g/mol. The Hall–Kier alpha value is -2.18. The van der Waals surface area contributed by atoms with E-state index in [-0.39, 0.29) is 35.9 Å². The molecule has 1 aromatic heterocycles. The number of aliphatic hydroxyl groups is 1. The van der Waals surface area contributed by atoms with E-state index >= 15 is 0 Å². The van der Waals surface area contributed by atoms with Crippen LogP contribution in [0.5, 0.6) is 0 Å². The Labute approximate surface area is 163 Å². The van der Waals surface area contributed by atoms with Gasteiger partial charge in [-0.05, 0) is 30.5 Å². The van der Waals surface area contributed by atoms with E-state index < -0.39 is 0 Å². The number of benzene rings is 2. The summed E-state index contributed by atoms with van der Waals surface area (Å²) in [5.74, 6) is 0.712. The van der Waals surface area contributed by atoms with Crippen LogP contribution in [0.1, 0.15) is 29.3 Å². The van der Waals surface area contributed by atoms with Crippen LogP contribution in [0.15, 0.2) is 48.5 Å². The molecule has 6 heteroatoms. The van der Waals surface area contributed by atoms with Crippen LogP contribution in [-0.2, 0) is 13.0 Å². The Morgan fingerprint density at radius 1 is 1.15 bits per heavy atom. The van der Waals surface area contributed by atoms with E-state index in [2.05, 4.69) is 17.2 Å². The van der Waals surface area contributed by atoms with Crippen molar-refractivity contribution in [3.05, 3.63) is 59.7 Å². The molecule has 0 aliphatic carbocycles. The fourth-order valence-electron chi connectivity index (χ4n) is 2.81. The summed E-state index contributed by atoms with van der Waals surface area (Å²) in [6.45, 7) is 3.06. The van der Waals surface area contributed by atoms with Crippen molar-refractivity contribution in [1.29, 1.82) is 0 Å². The van der Waals surface area contributed by atoms with Gasteiger partial charge in [0.05, 0.1) is 17.6 Å². The van der Waals surface area contributed by atoms with Gasteiger partial charge in [0.2, 0.25) is 5.95 Å². The molecule has 2 N–H and O–H groups in total. The zero-order valence-electron chi connectivity index (χ0n) is 14.8. The fourth-order valence-corrected chi connectivity index (χ4v) is 2.81. The van der Waals surface area contributed by atoms with Crippen molar-refractivity contribution in [2.75, 3.05) is 18.5 Å². The summed E-state index contributed by atoms with van der Waals surface area (Å²) in [5.41, 5.74) is 3.70. The lowest BCUT2D eigenvalue weighted by Gasteiger charge is -2.10. The minimum atomic E-state index is 0. The number of anilines is 1. The van der Waals surface area contributed by atoms with Gasteiger partial charge in [0.25, 0.3) is 0 Å². The highest BCUT2D eigenvalue weighted by molar-refractivity contribution is 8.93. The Morgan fingerprint density at radius 3 is 2.58 bits per heavy atom. The third kappa shape index (κ3) is 4.51. The molecule has 3 aromatic rings. The van der Waals surface area contributed by atoms with Crippen LogP contribution in [0.25, 0.3) is 11.0 Å². The number of halogens is 1. The molecule has 1 heterocycles. The van der Waals surface area contributed by atoms with E-state index in [0.717, 1.165) is 17.5 Å². The minimum absolute atomic E-state index is 0. The zero-order chi connectivity index (χ0) is 17.6. The van der Waals surface area contributed by atoms with Crippen LogP contribution in [-0.4, -0.2) is 33.6 Å². The van der Waals surface area contributed by atoms with Crippen LogP contribution in [0.2, 0.25) is 0 Å². The average molecular weight is 418 g/mol. The molecule has 0 saturated heterocycles. The second kappa shape index (κ2) is 9.50. The van der Waals surface area contributed by atoms with Gasteiger partial charge in [0, 0.05) is 18.7 Å². The molecule has 0 bridgehead atoms. The number of carbonyl (C=O) groups is 1. The summed E-state index contributed by atoms with van der Waals surface area (Å²) in [5, 5.41) is 12.2. The number of nitrogens with zero attached hydrogens (tertiary/aromatic N) is 2. The summed E-state index contributed by atoms with van der Waals surface area (Å²) in [7, 11) is 0. The molecular weight excluding hydrogens is 394 g/mol. The molecule has 0 fully saturated rings. The van der Waals surface area contributed by atoms with Gasteiger partial charge in [-0.3, -0.25) is 4.79 Å². The van der Waals surface area contributed by atoms with Gasteiger partial charge in [0.15, 0.2) is 5.78 Å². The number of Topliss-reactive ketones (excluding diaryl/α,β-unsaturated/α-hetero) is 1. The maximum atomic E-state index is 12.7. The molecule has 2 aromatic carbocycles. The lowest BCUT2D eigenvalue weighted by Crippen LogP contribution is -2.15. The van der Waals surface area contributed by atoms with Crippen molar-refractivity contribution >= 4 is 39.7 Å². The normalized spacial score (nSPS) is 10.5. The molecule has 0 saturated carbocycles. The number of fused-ring (bicyclic) bond motifs is 1. The standard InChI is InChI=1S/C20H23N3O2.BrH/c1-2-15-8-10-16(11-9-15)19(25)14-23-18-7-4-3-6-17(18)22-20(23)21-12-5-13-24;/h3-4,6-11,24H,2,5,12-14H2,1H3,(H,21,22);1H. The van der Waals surface area contributed by atoms with E-state index in [4.69, 9.17) is 5.11 Å². The molecule has 0 amide bonds. The second-order valence-corrected chi connectivity index (χ2v) is 5.99. The number of hydrogen-bond acceptors (Lipinski definition) is 4. The van der Waals surface area contributed by atoms with Crippen LogP contribution in [0, 0.1) is 0 Å². The van der Waals surface area contributed by atoms with E-state index in [1.54, 1.807) is 0 Å². The number of hydrogen-bond donors (Lipinski definition) is 2. The van der Waals surface area contributed by atoms with Crippen molar-refractivity contribution in [2.45, 2.75) is 26.3 Å². The molecule has 0 aliphatic heterocycles. The first-order valence-corrected chi connectivity index (χ1v) is 8.65. The molecule has 0 aliphatic rings. The Morgan fingerprint density at radius 2 is 1.88 bits per heavy atom. The fraction of sp³-hybridized carbons (Fsp3) is 0.300. The van der Waals surface area contributed by atoms with Gasteiger partial charge in [-0.25, -0.2) is 4.98 Å². The lowest BCUT2D eigenvalue weighted by molar-refractivity contribution is 0.0974. The highest BCUT2D eigenvalue weighted by Gasteiger charge is 2.14. The maximum Gasteiger partial charge on any atom is 0.204 e. The van der Waals surface area contributed by atoms with Crippen LogP contribution in [0.3, 0.4) is 0 Å². The van der Waals surface area contributed by atoms with E-state index in [1.807, 2.05) is 53.1 Å². The highest BCUT2D eigenvalue weighted by atomic mass is 79.9. The molecule has 0 radical (unpaired) electrons. The smallest absolute Gasteiger partial charge is 0.204 e. The molecule has 26 heavy (non-hydrogen) atoms. The predicted molar refractivity (Wildman–Crippen MR) is 110 cm³/mol. The Balaban J connectivity index is 0.00000243. The third-order valence-corrected chi connectivity index (χ3v) is 4.26. The molecule has 3 rings (SSSR count). The largest absolute Gasteiger partial charge is 0.396 e. The van der Waals surface area contributed by atoms with E-state index in [0.29, 0.717) is 24.5 Å². The first-order valence-electron chi connectivity index (χ1n) is 8.65. The molecular formula is C20H24BrN3O2. The number of para-hydroxylation sites is 2. The molecule has 138 valence electrons. The van der Waals surface area contributed by atoms with Crippen molar-refractivity contribution in [3.8, 4) is 0 Å². The summed E-state index contributed by atoms with van der Waals surface area (Å²) in [6, 6.07) is 15.6. The number of rotatable bonds is 8. The van der Waals surface area contributed by atoms with Gasteiger partial charge in [-0.15, -0.1) is 17.0 Å². The third-order valence-electron chi connectivity index (χ3n) is 4.26. The quantitative estimate of drug-likeness (QED) is 0.431. The summed E-state index contributed by atoms with van der Waals surface area (Å²) >= 11 is 0. The number of ketones is 1. The lowest BCUT2D eigenvalue weighted by atomic mass is 10.1. The van der Waals surface area contributed by atoms with Crippen LogP contribution >= 0.6 is 17.0 Å². The number of imidazole rings is 1. The first kappa shape index (κ1) is 20.1. The van der Waals surface area contributed by atoms with Gasteiger partial charge >= 0.3 is 0 Å². The van der Waals surface area contributed by atoms with Crippen molar-refractivity contribution in [1.82, 2.24) is 9.55 Å². The molecule has 0 atom stereocenters.